The van der Waals surface area contributed by atoms with Gasteiger partial charge in [0, 0.05) is 31.0 Å². The number of anilines is 2. The first kappa shape index (κ1) is 26.0. The van der Waals surface area contributed by atoms with Crippen LogP contribution in [0.3, 0.4) is 0 Å². The van der Waals surface area contributed by atoms with E-state index >= 15 is 0 Å². The van der Waals surface area contributed by atoms with Gasteiger partial charge in [0.05, 0.1) is 17.5 Å². The molecule has 2 unspecified atom stereocenters. The molecular formula is C32H36FN3O2. The van der Waals surface area contributed by atoms with Crippen LogP contribution in [0.5, 0.6) is 0 Å². The number of halogens is 1. The summed E-state index contributed by atoms with van der Waals surface area (Å²) < 4.78 is 14.8. The SMILES string of the molecule is Cc1cccc(F)c1C(=O)N1CCCC(C(=O)Nc2cccc(N3CCC(C)(C)C3)c2)C1c1ccccc1. The molecule has 2 aliphatic rings. The van der Waals surface area contributed by atoms with Crippen molar-refractivity contribution in [1.82, 2.24) is 4.90 Å². The zero-order valence-corrected chi connectivity index (χ0v) is 22.4. The summed E-state index contributed by atoms with van der Waals surface area (Å²) in [5.41, 5.74) is 3.67. The summed E-state index contributed by atoms with van der Waals surface area (Å²) in [5, 5.41) is 3.14. The van der Waals surface area contributed by atoms with E-state index in [1.54, 1.807) is 24.0 Å². The van der Waals surface area contributed by atoms with E-state index < -0.39 is 17.8 Å². The Bertz CT molecular complexity index is 1300. The molecule has 3 aromatic rings. The number of nitrogens with zero attached hydrogens (tertiary/aromatic N) is 2. The Hall–Kier alpha value is -3.67. The van der Waals surface area contributed by atoms with E-state index in [1.165, 1.54) is 6.07 Å². The van der Waals surface area contributed by atoms with Gasteiger partial charge in [0.1, 0.15) is 5.82 Å². The number of hydrogen-bond acceptors (Lipinski definition) is 3. The van der Waals surface area contributed by atoms with Crippen LogP contribution < -0.4 is 10.2 Å². The Labute approximate surface area is 224 Å². The molecule has 0 aromatic heterocycles. The fourth-order valence-electron chi connectivity index (χ4n) is 5.96. The van der Waals surface area contributed by atoms with Crippen molar-refractivity contribution < 1.29 is 14.0 Å². The Morgan fingerprint density at radius 1 is 0.974 bits per heavy atom. The van der Waals surface area contributed by atoms with Gasteiger partial charge in [-0.25, -0.2) is 4.39 Å². The fourth-order valence-corrected chi connectivity index (χ4v) is 5.96. The predicted octanol–water partition coefficient (Wildman–Crippen LogP) is 6.60. The first-order chi connectivity index (χ1) is 18.2. The lowest BCUT2D eigenvalue weighted by molar-refractivity contribution is -0.123. The normalized spacial score (nSPS) is 20.8. The molecule has 2 amide bonds. The van der Waals surface area contributed by atoms with Crippen LogP contribution in [0.1, 0.15) is 60.6 Å². The summed E-state index contributed by atoms with van der Waals surface area (Å²) in [6.07, 6.45) is 2.45. The van der Waals surface area contributed by atoms with Crippen molar-refractivity contribution in [2.45, 2.75) is 46.1 Å². The molecule has 0 radical (unpaired) electrons. The number of aryl methyl sites for hydroxylation is 1. The number of amides is 2. The van der Waals surface area contributed by atoms with Gasteiger partial charge in [-0.1, -0.05) is 62.4 Å². The molecule has 198 valence electrons. The van der Waals surface area contributed by atoms with Crippen molar-refractivity contribution in [2.24, 2.45) is 11.3 Å². The van der Waals surface area contributed by atoms with Crippen molar-refractivity contribution >= 4 is 23.2 Å². The number of benzene rings is 3. The summed E-state index contributed by atoms with van der Waals surface area (Å²) in [7, 11) is 0. The molecule has 2 atom stereocenters. The highest BCUT2D eigenvalue weighted by molar-refractivity contribution is 5.98. The molecule has 2 fully saturated rings. The Kier molecular flexibility index (Phi) is 7.24. The Balaban J connectivity index is 1.43. The van der Waals surface area contributed by atoms with E-state index in [1.807, 2.05) is 48.5 Å². The third-order valence-corrected chi connectivity index (χ3v) is 7.96. The molecule has 38 heavy (non-hydrogen) atoms. The van der Waals surface area contributed by atoms with Gasteiger partial charge in [-0.3, -0.25) is 9.59 Å². The molecule has 0 spiro atoms. The molecule has 0 bridgehead atoms. The van der Waals surface area contributed by atoms with Gasteiger partial charge < -0.3 is 15.1 Å². The highest BCUT2D eigenvalue weighted by atomic mass is 19.1. The lowest BCUT2D eigenvalue weighted by Crippen LogP contribution is -2.46. The van der Waals surface area contributed by atoms with E-state index in [0.717, 1.165) is 36.4 Å². The standard InChI is InChI=1S/C32H36FN3O2/c1-22-10-7-16-27(33)28(22)31(38)36-18-9-15-26(29(36)23-11-5-4-6-12-23)30(37)34-24-13-8-14-25(20-24)35-19-17-32(2,3)21-35/h4-8,10-14,16,20,26,29H,9,15,17-19,21H2,1-3H3,(H,34,37). The average molecular weight is 514 g/mol. The first-order valence-corrected chi connectivity index (χ1v) is 13.5. The molecular weight excluding hydrogens is 477 g/mol. The summed E-state index contributed by atoms with van der Waals surface area (Å²) in [6, 6.07) is 21.8. The summed E-state index contributed by atoms with van der Waals surface area (Å²) in [4.78, 5) is 31.6. The van der Waals surface area contributed by atoms with Gasteiger partial charge in [-0.15, -0.1) is 0 Å². The van der Waals surface area contributed by atoms with Gasteiger partial charge >= 0.3 is 0 Å². The summed E-state index contributed by atoms with van der Waals surface area (Å²) in [6.45, 7) is 8.75. The smallest absolute Gasteiger partial charge is 0.257 e. The van der Waals surface area contributed by atoms with Crippen molar-refractivity contribution in [1.29, 1.82) is 0 Å². The third-order valence-electron chi connectivity index (χ3n) is 7.96. The van der Waals surface area contributed by atoms with Crippen LogP contribution in [-0.2, 0) is 4.79 Å². The minimum atomic E-state index is -0.532. The zero-order chi connectivity index (χ0) is 26.9. The first-order valence-electron chi connectivity index (χ1n) is 13.5. The van der Waals surface area contributed by atoms with Crippen molar-refractivity contribution in [3.8, 4) is 0 Å². The van der Waals surface area contributed by atoms with Crippen molar-refractivity contribution in [3.05, 3.63) is 95.3 Å². The van der Waals surface area contributed by atoms with Crippen LogP contribution in [0.4, 0.5) is 15.8 Å². The molecule has 0 saturated carbocycles. The number of piperidine rings is 1. The van der Waals surface area contributed by atoms with Gasteiger partial charge in [-0.05, 0) is 67.0 Å². The fraction of sp³-hybridized carbons (Fsp3) is 0.375. The van der Waals surface area contributed by atoms with E-state index in [2.05, 4.69) is 30.1 Å². The van der Waals surface area contributed by atoms with E-state index in [4.69, 9.17) is 0 Å². The molecule has 6 heteroatoms. The van der Waals surface area contributed by atoms with E-state index in [9.17, 15) is 14.0 Å². The minimum Gasteiger partial charge on any atom is -0.371 e. The molecule has 1 N–H and O–H groups in total. The van der Waals surface area contributed by atoms with Crippen molar-refractivity contribution in [3.63, 3.8) is 0 Å². The second kappa shape index (κ2) is 10.6. The van der Waals surface area contributed by atoms with Crippen LogP contribution in [-0.4, -0.2) is 36.3 Å². The lowest BCUT2D eigenvalue weighted by atomic mass is 9.83. The number of likely N-dealkylation sites (tertiary alicyclic amines) is 1. The quantitative estimate of drug-likeness (QED) is 0.418. The number of hydrogen-bond donors (Lipinski definition) is 1. The van der Waals surface area contributed by atoms with E-state index in [0.29, 0.717) is 24.9 Å². The highest BCUT2D eigenvalue weighted by Gasteiger charge is 2.40. The largest absolute Gasteiger partial charge is 0.371 e. The van der Waals surface area contributed by atoms with Gasteiger partial charge in [0.2, 0.25) is 5.91 Å². The van der Waals surface area contributed by atoms with Crippen LogP contribution in [0.15, 0.2) is 72.8 Å². The molecule has 5 nitrogen and oxygen atoms in total. The van der Waals surface area contributed by atoms with Crippen LogP contribution >= 0.6 is 0 Å². The Morgan fingerprint density at radius 2 is 1.74 bits per heavy atom. The van der Waals surface area contributed by atoms with Crippen LogP contribution in [0.2, 0.25) is 0 Å². The van der Waals surface area contributed by atoms with Gasteiger partial charge in [-0.2, -0.15) is 0 Å². The summed E-state index contributed by atoms with van der Waals surface area (Å²) >= 11 is 0. The maximum Gasteiger partial charge on any atom is 0.257 e. The number of carbonyl (C=O) groups is 2. The second-order valence-corrected chi connectivity index (χ2v) is 11.4. The van der Waals surface area contributed by atoms with Gasteiger partial charge in [0.25, 0.3) is 5.91 Å². The number of carbonyl (C=O) groups excluding carboxylic acids is 2. The maximum absolute atomic E-state index is 14.8. The summed E-state index contributed by atoms with van der Waals surface area (Å²) in [5.74, 6) is -1.49. The van der Waals surface area contributed by atoms with Gasteiger partial charge in [0.15, 0.2) is 0 Å². The molecule has 2 saturated heterocycles. The van der Waals surface area contributed by atoms with Crippen LogP contribution in [0, 0.1) is 24.1 Å². The lowest BCUT2D eigenvalue weighted by Gasteiger charge is -2.41. The monoisotopic (exact) mass is 513 g/mol. The van der Waals surface area contributed by atoms with Crippen LogP contribution in [0.25, 0.3) is 0 Å². The molecule has 2 aliphatic heterocycles. The topological polar surface area (TPSA) is 52.7 Å². The zero-order valence-electron chi connectivity index (χ0n) is 22.4. The molecule has 3 aromatic carbocycles. The number of rotatable bonds is 5. The maximum atomic E-state index is 14.8. The minimum absolute atomic E-state index is 0.0794. The molecule has 0 aliphatic carbocycles. The molecule has 5 rings (SSSR count). The second-order valence-electron chi connectivity index (χ2n) is 11.4. The van der Waals surface area contributed by atoms with Crippen molar-refractivity contribution in [2.75, 3.05) is 29.9 Å². The highest BCUT2D eigenvalue weighted by Crippen LogP contribution is 2.39. The Morgan fingerprint density at radius 3 is 2.45 bits per heavy atom. The average Bonchev–Trinajstić information content (AvgIpc) is 3.28. The van der Waals surface area contributed by atoms with E-state index in [-0.39, 0.29) is 22.8 Å². The number of nitrogens with one attached hydrogen (secondary N) is 1. The third kappa shape index (κ3) is 5.31. The predicted molar refractivity (Wildman–Crippen MR) is 150 cm³/mol. The molecule has 2 heterocycles.